The molecule has 138 valence electrons. The van der Waals surface area contributed by atoms with Crippen molar-refractivity contribution < 1.29 is 9.53 Å². The molecule has 0 aliphatic carbocycles. The highest BCUT2D eigenvalue weighted by atomic mass is 79.9. The predicted octanol–water partition coefficient (Wildman–Crippen LogP) is 5.31. The molecule has 0 amide bonds. The number of methoxy groups -OCH3 is 1. The van der Waals surface area contributed by atoms with Crippen molar-refractivity contribution in [3.8, 4) is 5.75 Å². The maximum absolute atomic E-state index is 12.8. The fourth-order valence-electron chi connectivity index (χ4n) is 2.87. The number of Topliss-reactive ketones (excluding diaryl/α,β-unsaturated/α-hetero) is 1. The van der Waals surface area contributed by atoms with Gasteiger partial charge in [0, 0.05) is 28.7 Å². The van der Waals surface area contributed by atoms with E-state index in [2.05, 4.69) is 20.9 Å². The summed E-state index contributed by atoms with van der Waals surface area (Å²) in [5, 5.41) is 0. The third kappa shape index (κ3) is 5.17. The Morgan fingerprint density at radius 3 is 2.38 bits per heavy atom. The van der Waals surface area contributed by atoms with Crippen LogP contribution >= 0.6 is 32.9 Å². The third-order valence-electron chi connectivity index (χ3n) is 4.27. The number of ketones is 1. The van der Waals surface area contributed by atoms with Crippen LogP contribution in [0.5, 0.6) is 5.75 Å². The molecule has 2 aromatic carbocycles. The van der Waals surface area contributed by atoms with Crippen LogP contribution in [0, 0.1) is 0 Å². The van der Waals surface area contributed by atoms with E-state index in [0.29, 0.717) is 5.56 Å². The number of aliphatic imine (C=N–C) groups is 1. The van der Waals surface area contributed by atoms with Crippen molar-refractivity contribution in [2.24, 2.45) is 4.99 Å². The van der Waals surface area contributed by atoms with E-state index in [0.717, 1.165) is 47.6 Å². The Balaban J connectivity index is 0.00000243. The number of halogens is 2. The van der Waals surface area contributed by atoms with Crippen molar-refractivity contribution in [3.63, 3.8) is 0 Å². The molecule has 1 aliphatic heterocycles. The van der Waals surface area contributed by atoms with Crippen molar-refractivity contribution in [1.29, 1.82) is 0 Å². The molecule has 0 unspecified atom stereocenters. The zero-order valence-corrected chi connectivity index (χ0v) is 18.0. The molecular formula is C20H22Br2N2O2. The van der Waals surface area contributed by atoms with Gasteiger partial charge in [-0.05, 0) is 61.4 Å². The number of anilines is 1. The minimum absolute atomic E-state index is 0. The van der Waals surface area contributed by atoms with E-state index < -0.39 is 0 Å². The molecule has 0 aromatic heterocycles. The number of nitrogens with zero attached hydrogens (tertiary/aromatic N) is 2. The number of benzene rings is 2. The second-order valence-corrected chi connectivity index (χ2v) is 6.88. The largest absolute Gasteiger partial charge is 0.497 e. The summed E-state index contributed by atoms with van der Waals surface area (Å²) in [5.74, 6) is 1.81. The van der Waals surface area contributed by atoms with Crippen LogP contribution < -0.4 is 9.64 Å². The smallest absolute Gasteiger partial charge is 0.182 e. The number of ether oxygens (including phenoxy) is 1. The van der Waals surface area contributed by atoms with Gasteiger partial charge >= 0.3 is 0 Å². The van der Waals surface area contributed by atoms with Gasteiger partial charge in [-0.25, -0.2) is 0 Å². The van der Waals surface area contributed by atoms with E-state index in [9.17, 15) is 4.79 Å². The Hall–Kier alpha value is -1.66. The third-order valence-corrected chi connectivity index (χ3v) is 4.80. The quantitative estimate of drug-likeness (QED) is 0.543. The maximum atomic E-state index is 12.8. The highest BCUT2D eigenvalue weighted by Gasteiger charge is 2.20. The Morgan fingerprint density at radius 1 is 1.12 bits per heavy atom. The fourth-order valence-corrected chi connectivity index (χ4v) is 3.13. The average Bonchev–Trinajstić information content (AvgIpc) is 2.67. The molecule has 4 nitrogen and oxygen atoms in total. The molecule has 1 heterocycles. The van der Waals surface area contributed by atoms with Crippen LogP contribution in [0.15, 0.2) is 58.0 Å². The molecule has 26 heavy (non-hydrogen) atoms. The molecule has 0 atom stereocenters. The molecule has 0 bridgehead atoms. The first-order valence-corrected chi connectivity index (χ1v) is 9.20. The van der Waals surface area contributed by atoms with Gasteiger partial charge < -0.3 is 9.64 Å². The highest BCUT2D eigenvalue weighted by Crippen LogP contribution is 2.22. The first-order valence-electron chi connectivity index (χ1n) is 8.41. The van der Waals surface area contributed by atoms with Crippen molar-refractivity contribution in [2.75, 3.05) is 25.1 Å². The molecular weight excluding hydrogens is 460 g/mol. The summed E-state index contributed by atoms with van der Waals surface area (Å²) in [7, 11) is 1.62. The second-order valence-electron chi connectivity index (χ2n) is 5.97. The minimum atomic E-state index is 0. The average molecular weight is 482 g/mol. The number of carbonyl (C=O) groups is 1. The standard InChI is InChI=1S/C20H21BrN2O2.BrH/c1-25-18-11-5-15(6-12-18)19(24)14-23(20-4-2-3-13-22-20)17-9-7-16(21)8-10-17;/h5-12H,2-4,13-14H2,1H3;1H. The van der Waals surface area contributed by atoms with Gasteiger partial charge in [0.15, 0.2) is 5.78 Å². The molecule has 0 fully saturated rings. The monoisotopic (exact) mass is 480 g/mol. The van der Waals surface area contributed by atoms with Gasteiger partial charge in [0.2, 0.25) is 0 Å². The topological polar surface area (TPSA) is 41.9 Å². The van der Waals surface area contributed by atoms with E-state index in [1.807, 2.05) is 53.4 Å². The van der Waals surface area contributed by atoms with Gasteiger partial charge in [-0.3, -0.25) is 9.79 Å². The Morgan fingerprint density at radius 2 is 1.81 bits per heavy atom. The van der Waals surface area contributed by atoms with Crippen LogP contribution in [0.25, 0.3) is 0 Å². The number of rotatable bonds is 5. The molecule has 3 rings (SSSR count). The predicted molar refractivity (Wildman–Crippen MR) is 115 cm³/mol. The van der Waals surface area contributed by atoms with E-state index in [-0.39, 0.29) is 29.3 Å². The molecule has 1 aliphatic rings. The van der Waals surface area contributed by atoms with Gasteiger partial charge in [-0.15, -0.1) is 17.0 Å². The lowest BCUT2D eigenvalue weighted by Gasteiger charge is -2.28. The summed E-state index contributed by atoms with van der Waals surface area (Å²) < 4.78 is 6.18. The Kier molecular flexibility index (Phi) is 7.85. The molecule has 0 radical (unpaired) electrons. The van der Waals surface area contributed by atoms with Gasteiger partial charge in [-0.1, -0.05) is 15.9 Å². The first kappa shape index (κ1) is 20.6. The van der Waals surface area contributed by atoms with Gasteiger partial charge in [0.05, 0.1) is 13.7 Å². The van der Waals surface area contributed by atoms with Gasteiger partial charge in [0.1, 0.15) is 11.6 Å². The van der Waals surface area contributed by atoms with E-state index >= 15 is 0 Å². The molecule has 2 aromatic rings. The minimum Gasteiger partial charge on any atom is -0.497 e. The number of amidine groups is 1. The van der Waals surface area contributed by atoms with E-state index in [1.54, 1.807) is 7.11 Å². The molecule has 0 N–H and O–H groups in total. The zero-order valence-electron chi connectivity index (χ0n) is 14.7. The molecule has 6 heteroatoms. The normalized spacial score (nSPS) is 13.4. The number of hydrogen-bond acceptors (Lipinski definition) is 4. The van der Waals surface area contributed by atoms with Crippen LogP contribution in [-0.2, 0) is 0 Å². The van der Waals surface area contributed by atoms with E-state index in [1.165, 1.54) is 0 Å². The molecule has 0 saturated heterocycles. The maximum Gasteiger partial charge on any atom is 0.182 e. The van der Waals surface area contributed by atoms with Crippen molar-refractivity contribution in [2.45, 2.75) is 19.3 Å². The first-order chi connectivity index (χ1) is 12.2. The number of hydrogen-bond donors (Lipinski definition) is 0. The van der Waals surface area contributed by atoms with Crippen LogP contribution in [0.3, 0.4) is 0 Å². The lowest BCUT2D eigenvalue weighted by Crippen LogP contribution is -2.37. The number of carbonyl (C=O) groups excluding carboxylic acids is 1. The summed E-state index contributed by atoms with van der Waals surface area (Å²) in [6.45, 7) is 1.12. The van der Waals surface area contributed by atoms with Crippen molar-refractivity contribution in [3.05, 3.63) is 58.6 Å². The van der Waals surface area contributed by atoms with Crippen LogP contribution in [-0.4, -0.2) is 31.8 Å². The van der Waals surface area contributed by atoms with Crippen LogP contribution in [0.4, 0.5) is 5.69 Å². The summed E-state index contributed by atoms with van der Waals surface area (Å²) in [4.78, 5) is 19.5. The van der Waals surface area contributed by atoms with Gasteiger partial charge in [0.25, 0.3) is 0 Å². The van der Waals surface area contributed by atoms with Crippen molar-refractivity contribution >= 4 is 50.2 Å². The molecule has 0 saturated carbocycles. The summed E-state index contributed by atoms with van der Waals surface area (Å²) in [6, 6.07) is 15.3. The summed E-state index contributed by atoms with van der Waals surface area (Å²) in [6.07, 6.45) is 3.14. The van der Waals surface area contributed by atoms with Crippen molar-refractivity contribution in [1.82, 2.24) is 0 Å². The Labute approximate surface area is 173 Å². The summed E-state index contributed by atoms with van der Waals surface area (Å²) >= 11 is 3.46. The lowest BCUT2D eigenvalue weighted by atomic mass is 10.1. The van der Waals surface area contributed by atoms with Gasteiger partial charge in [-0.2, -0.15) is 0 Å². The second kappa shape index (κ2) is 9.88. The zero-order chi connectivity index (χ0) is 17.6. The molecule has 0 spiro atoms. The van der Waals surface area contributed by atoms with E-state index in [4.69, 9.17) is 4.74 Å². The fraction of sp³-hybridized carbons (Fsp3) is 0.300. The SMILES string of the molecule is Br.COc1ccc(C(=O)CN(C2=NCCCC2)c2ccc(Br)cc2)cc1. The van der Waals surface area contributed by atoms with Crippen LogP contribution in [0.1, 0.15) is 29.6 Å². The lowest BCUT2D eigenvalue weighted by molar-refractivity contribution is 0.100. The van der Waals surface area contributed by atoms with Crippen LogP contribution in [0.2, 0.25) is 0 Å². The highest BCUT2D eigenvalue weighted by molar-refractivity contribution is 9.10. The Bertz CT molecular complexity index is 758. The summed E-state index contributed by atoms with van der Waals surface area (Å²) in [5.41, 5.74) is 1.67.